The van der Waals surface area contributed by atoms with E-state index in [0.29, 0.717) is 19.0 Å². The van der Waals surface area contributed by atoms with Crippen molar-refractivity contribution in [1.29, 1.82) is 0 Å². The van der Waals surface area contributed by atoms with Crippen LogP contribution in [0.4, 0.5) is 4.79 Å². The topological polar surface area (TPSA) is 106 Å². The van der Waals surface area contributed by atoms with Gasteiger partial charge < -0.3 is 24.7 Å². The van der Waals surface area contributed by atoms with Crippen LogP contribution in [0.3, 0.4) is 0 Å². The summed E-state index contributed by atoms with van der Waals surface area (Å²) in [5.41, 5.74) is -1.34. The van der Waals surface area contributed by atoms with E-state index in [1.54, 1.807) is 4.90 Å². The number of aryl methyl sites for hydroxylation is 1. The average molecular weight is 563 g/mol. The van der Waals surface area contributed by atoms with Crippen molar-refractivity contribution in [1.82, 2.24) is 30.3 Å². The third kappa shape index (κ3) is 6.24. The first-order chi connectivity index (χ1) is 14.5. The fraction of sp³-hybridized carbons (Fsp3) is 0.810. The Kier molecular flexibility index (Phi) is 8.76. The van der Waals surface area contributed by atoms with Gasteiger partial charge in [-0.2, -0.15) is 0 Å². The maximum atomic E-state index is 12.9. The van der Waals surface area contributed by atoms with E-state index >= 15 is 0 Å². The van der Waals surface area contributed by atoms with Gasteiger partial charge in [-0.1, -0.05) is 0 Å². The molecule has 32 heavy (non-hydrogen) atoms. The van der Waals surface area contributed by atoms with Gasteiger partial charge in [-0.25, -0.2) is 9.79 Å². The van der Waals surface area contributed by atoms with E-state index in [0.717, 1.165) is 37.6 Å². The van der Waals surface area contributed by atoms with Gasteiger partial charge in [0.05, 0.1) is 12.1 Å². The maximum Gasteiger partial charge on any atom is 0.412 e. The number of nitrogens with zero attached hydrogens (tertiary/aromatic N) is 5. The van der Waals surface area contributed by atoms with Gasteiger partial charge in [0, 0.05) is 26.1 Å². The lowest BCUT2D eigenvalue weighted by atomic mass is 10.1. The average Bonchev–Trinajstić information content (AvgIpc) is 3.29. The smallest absolute Gasteiger partial charge is 0.412 e. The van der Waals surface area contributed by atoms with Gasteiger partial charge in [-0.3, -0.25) is 4.90 Å². The predicted molar refractivity (Wildman–Crippen MR) is 133 cm³/mol. The standard InChI is InChI=1S/C21H37N7O3.HI/c1-8-22-18(24-13-17-26-25-16-10-9-11-27(16)17)23-12-15-14(2)30-21(6,7)28(15)19(29)31-20(3,4)5;/h14-15H,8-13H2,1-7H3,(H2,22,23,24);1H. The molecule has 0 spiro atoms. The maximum absolute atomic E-state index is 12.9. The third-order valence-electron chi connectivity index (χ3n) is 5.41. The Hall–Kier alpha value is -1.63. The Morgan fingerprint density at radius 1 is 1.31 bits per heavy atom. The quantitative estimate of drug-likeness (QED) is 0.323. The van der Waals surface area contributed by atoms with Crippen LogP contribution in [0.5, 0.6) is 0 Å². The summed E-state index contributed by atoms with van der Waals surface area (Å²) in [6.45, 7) is 16.0. The highest BCUT2D eigenvalue weighted by molar-refractivity contribution is 14.0. The number of carbonyl (C=O) groups excluding carboxylic acids is 1. The first-order valence-corrected chi connectivity index (χ1v) is 11.1. The second kappa shape index (κ2) is 10.5. The summed E-state index contributed by atoms with van der Waals surface area (Å²) in [6, 6.07) is -0.203. The Morgan fingerprint density at radius 3 is 2.69 bits per heavy atom. The van der Waals surface area contributed by atoms with Crippen molar-refractivity contribution in [3.05, 3.63) is 11.6 Å². The Morgan fingerprint density at radius 2 is 2.03 bits per heavy atom. The number of amides is 1. The van der Waals surface area contributed by atoms with Crippen molar-refractivity contribution in [3.63, 3.8) is 0 Å². The number of fused-ring (bicyclic) bond motifs is 1. The molecule has 2 N–H and O–H groups in total. The normalized spacial score (nSPS) is 22.3. The molecule has 0 aromatic carbocycles. The van der Waals surface area contributed by atoms with Crippen LogP contribution in [0.2, 0.25) is 0 Å². The largest absolute Gasteiger partial charge is 0.444 e. The second-order valence-corrected chi connectivity index (χ2v) is 9.55. The summed E-state index contributed by atoms with van der Waals surface area (Å²) < 4.78 is 13.9. The van der Waals surface area contributed by atoms with Crippen molar-refractivity contribution in [2.24, 2.45) is 4.99 Å². The van der Waals surface area contributed by atoms with Crippen LogP contribution in [0.1, 0.15) is 66.5 Å². The van der Waals surface area contributed by atoms with Crippen molar-refractivity contribution < 1.29 is 14.3 Å². The Bertz CT molecular complexity index is 819. The molecule has 2 aliphatic heterocycles. The molecule has 2 atom stereocenters. The zero-order chi connectivity index (χ0) is 22.8. The first-order valence-electron chi connectivity index (χ1n) is 11.1. The minimum atomic E-state index is -0.758. The molecule has 2 aliphatic rings. The minimum Gasteiger partial charge on any atom is -0.444 e. The molecule has 1 saturated heterocycles. The van der Waals surface area contributed by atoms with Gasteiger partial charge in [0.15, 0.2) is 11.8 Å². The molecule has 182 valence electrons. The minimum absolute atomic E-state index is 0. The molecule has 0 radical (unpaired) electrons. The van der Waals surface area contributed by atoms with Crippen LogP contribution >= 0.6 is 24.0 Å². The summed E-state index contributed by atoms with van der Waals surface area (Å²) in [6.07, 6.45) is 1.55. The third-order valence-corrected chi connectivity index (χ3v) is 5.41. The Labute approximate surface area is 207 Å². The fourth-order valence-electron chi connectivity index (χ4n) is 4.14. The highest BCUT2D eigenvalue weighted by atomic mass is 127. The first kappa shape index (κ1) is 26.6. The highest BCUT2D eigenvalue weighted by Crippen LogP contribution is 2.33. The van der Waals surface area contributed by atoms with Crippen LogP contribution in [-0.2, 0) is 29.0 Å². The lowest BCUT2D eigenvalue weighted by molar-refractivity contribution is -0.0755. The van der Waals surface area contributed by atoms with Crippen molar-refractivity contribution in [2.75, 3.05) is 13.1 Å². The molecule has 3 rings (SSSR count). The van der Waals surface area contributed by atoms with E-state index in [2.05, 4.69) is 30.4 Å². The number of rotatable bonds is 5. The van der Waals surface area contributed by atoms with Crippen LogP contribution in [0.25, 0.3) is 0 Å². The molecule has 0 bridgehead atoms. The number of nitrogens with one attached hydrogen (secondary N) is 2. The molecule has 0 saturated carbocycles. The number of carbonyl (C=O) groups is 1. The van der Waals surface area contributed by atoms with E-state index < -0.39 is 11.3 Å². The van der Waals surface area contributed by atoms with Gasteiger partial charge in [-0.15, -0.1) is 34.2 Å². The van der Waals surface area contributed by atoms with Crippen LogP contribution in [0, 0.1) is 0 Å². The monoisotopic (exact) mass is 563 g/mol. The van der Waals surface area contributed by atoms with Gasteiger partial charge >= 0.3 is 6.09 Å². The predicted octanol–water partition coefficient (Wildman–Crippen LogP) is 2.66. The summed E-state index contributed by atoms with van der Waals surface area (Å²) in [5, 5.41) is 15.1. The Balaban J connectivity index is 0.00000363. The molecule has 11 heteroatoms. The molecule has 2 unspecified atom stereocenters. The summed E-state index contributed by atoms with van der Waals surface area (Å²) in [5.74, 6) is 2.58. The van der Waals surface area contributed by atoms with E-state index in [4.69, 9.17) is 9.47 Å². The molecular formula is C21H38IN7O3. The number of hydrogen-bond donors (Lipinski definition) is 2. The molecule has 1 fully saturated rings. The van der Waals surface area contributed by atoms with E-state index in [9.17, 15) is 4.79 Å². The summed E-state index contributed by atoms with van der Waals surface area (Å²) >= 11 is 0. The number of aliphatic imine (C=N–C) groups is 1. The summed E-state index contributed by atoms with van der Waals surface area (Å²) in [7, 11) is 0. The molecule has 1 aromatic heterocycles. The van der Waals surface area contributed by atoms with E-state index in [1.165, 1.54) is 0 Å². The molecule has 1 aromatic rings. The van der Waals surface area contributed by atoms with Crippen LogP contribution < -0.4 is 10.6 Å². The molecular weight excluding hydrogens is 525 g/mol. The SMILES string of the molecule is CCNC(=NCc1nnc2n1CCC2)NCC1C(C)OC(C)(C)N1C(=O)OC(C)(C)C.I. The van der Waals surface area contributed by atoms with Gasteiger partial charge in [0.1, 0.15) is 23.7 Å². The van der Waals surface area contributed by atoms with Crippen molar-refractivity contribution in [2.45, 2.75) is 97.9 Å². The van der Waals surface area contributed by atoms with Crippen LogP contribution in [-0.4, -0.2) is 68.3 Å². The van der Waals surface area contributed by atoms with Gasteiger partial charge in [0.25, 0.3) is 0 Å². The zero-order valence-electron chi connectivity index (χ0n) is 20.3. The zero-order valence-corrected chi connectivity index (χ0v) is 22.6. The molecule has 10 nitrogen and oxygen atoms in total. The number of guanidine groups is 1. The molecule has 0 aliphatic carbocycles. The molecule has 3 heterocycles. The van der Waals surface area contributed by atoms with Gasteiger partial charge in [0.2, 0.25) is 0 Å². The summed E-state index contributed by atoms with van der Waals surface area (Å²) in [4.78, 5) is 19.3. The fourth-order valence-corrected chi connectivity index (χ4v) is 4.14. The molecule has 1 amide bonds. The van der Waals surface area contributed by atoms with Crippen molar-refractivity contribution in [3.8, 4) is 0 Å². The lowest BCUT2D eigenvalue weighted by Gasteiger charge is -2.35. The number of aromatic nitrogens is 3. The van der Waals surface area contributed by atoms with Crippen LogP contribution in [0.15, 0.2) is 4.99 Å². The number of halogens is 1. The lowest BCUT2D eigenvalue weighted by Crippen LogP contribution is -2.54. The highest BCUT2D eigenvalue weighted by Gasteiger charge is 2.49. The van der Waals surface area contributed by atoms with E-state index in [-0.39, 0.29) is 42.2 Å². The van der Waals surface area contributed by atoms with E-state index in [1.807, 2.05) is 48.5 Å². The van der Waals surface area contributed by atoms with Crippen molar-refractivity contribution >= 4 is 36.0 Å². The van der Waals surface area contributed by atoms with Gasteiger partial charge in [-0.05, 0) is 54.9 Å². The second-order valence-electron chi connectivity index (χ2n) is 9.55. The number of ether oxygens (including phenoxy) is 2. The number of hydrogen-bond acceptors (Lipinski definition) is 6.